The molecule has 0 atom stereocenters. The lowest BCUT2D eigenvalue weighted by Gasteiger charge is -2.28. The van der Waals surface area contributed by atoms with Crippen molar-refractivity contribution < 1.29 is 47.6 Å². The normalized spacial score (nSPS) is 12.5. The number of benzene rings is 5. The second kappa shape index (κ2) is 21.4. The zero-order valence-electron chi connectivity index (χ0n) is 48.4. The highest BCUT2D eigenvalue weighted by Gasteiger charge is 2.32. The topological polar surface area (TPSA) is 124 Å². The molecule has 0 spiro atoms. The standard InChI is InChI=1S/C64H82O10/c1-37-27-43(35-45-29-39(3)33-49(61(11,12)13)53(45)71-57(67)73-63(17,18)19)51(47(31-37)59(5,6)7)69-55(65)41-23-25-42(26-24-41)56(66)70-52-44(28-38(2)32-48(52)60(8,9)10)36-46-30-40(4)34-50(62(14,15)16)54(46)72-58(68)74-64(20,21)22/h23-34H,35-36H2,1-22H3. The Bertz CT molecular complexity index is 2730. The third-order valence-corrected chi connectivity index (χ3v) is 12.1. The highest BCUT2D eigenvalue weighted by molar-refractivity contribution is 5.95. The van der Waals surface area contributed by atoms with E-state index in [-0.39, 0.29) is 24.0 Å². The first-order valence-corrected chi connectivity index (χ1v) is 25.6. The van der Waals surface area contributed by atoms with Gasteiger partial charge in [0.15, 0.2) is 0 Å². The van der Waals surface area contributed by atoms with Crippen LogP contribution in [0.3, 0.4) is 0 Å². The fourth-order valence-electron chi connectivity index (χ4n) is 8.79. The predicted molar refractivity (Wildman–Crippen MR) is 295 cm³/mol. The van der Waals surface area contributed by atoms with Gasteiger partial charge in [0.05, 0.1) is 11.1 Å². The molecule has 5 aromatic rings. The molecule has 0 unspecified atom stereocenters. The first-order valence-electron chi connectivity index (χ1n) is 25.6. The van der Waals surface area contributed by atoms with E-state index in [9.17, 15) is 19.2 Å². The van der Waals surface area contributed by atoms with Crippen LogP contribution >= 0.6 is 0 Å². The molecule has 0 bridgehead atoms. The Morgan fingerprint density at radius 3 is 0.757 bits per heavy atom. The minimum Gasteiger partial charge on any atom is -0.428 e. The Morgan fingerprint density at radius 1 is 0.338 bits per heavy atom. The van der Waals surface area contributed by atoms with Crippen LogP contribution in [0.15, 0.2) is 72.8 Å². The molecule has 10 nitrogen and oxygen atoms in total. The third-order valence-electron chi connectivity index (χ3n) is 12.1. The SMILES string of the molecule is Cc1cc(Cc2cc(C)cc(C(C)(C)C)c2OC(=O)c2ccc(C(=O)Oc3c(Cc4cc(C)cc(C(C)(C)C)c4OC(=O)OC(C)(C)C)cc(C)cc3C(C)(C)C)cc2)c(OC(=O)OC(C)(C)C)c(C(C)(C)C)c1. The zero-order valence-corrected chi connectivity index (χ0v) is 48.4. The second-order valence-electron chi connectivity index (χ2n) is 26.0. The summed E-state index contributed by atoms with van der Waals surface area (Å²) in [7, 11) is 0. The van der Waals surface area contributed by atoms with Gasteiger partial charge in [0.25, 0.3) is 0 Å². The summed E-state index contributed by atoms with van der Waals surface area (Å²) in [4.78, 5) is 55.3. The highest BCUT2D eigenvalue weighted by Crippen LogP contribution is 2.43. The minimum atomic E-state index is -0.807. The molecule has 0 aliphatic heterocycles. The Hall–Kier alpha value is -6.42. The van der Waals surface area contributed by atoms with Crippen molar-refractivity contribution in [3.8, 4) is 23.0 Å². The molecule has 0 aliphatic rings. The fraction of sp³-hybridized carbons (Fsp3) is 0.469. The van der Waals surface area contributed by atoms with Crippen LogP contribution in [0.1, 0.15) is 212 Å². The van der Waals surface area contributed by atoms with Crippen LogP contribution in [0.5, 0.6) is 23.0 Å². The van der Waals surface area contributed by atoms with E-state index in [1.54, 1.807) is 65.8 Å². The number of carbonyl (C=O) groups is 4. The lowest BCUT2D eigenvalue weighted by molar-refractivity contribution is 0.0187. The average Bonchev–Trinajstić information content (AvgIpc) is 3.21. The van der Waals surface area contributed by atoms with Crippen molar-refractivity contribution in [2.45, 2.75) is 198 Å². The summed E-state index contributed by atoms with van der Waals surface area (Å²) < 4.78 is 36.3. The first kappa shape index (κ1) is 58.5. The van der Waals surface area contributed by atoms with E-state index < -0.39 is 57.1 Å². The van der Waals surface area contributed by atoms with Crippen LogP contribution in [-0.4, -0.2) is 35.5 Å². The summed E-state index contributed by atoms with van der Waals surface area (Å²) >= 11 is 0. The monoisotopic (exact) mass is 1010 g/mol. The summed E-state index contributed by atoms with van der Waals surface area (Å²) in [6, 6.07) is 22.3. The van der Waals surface area contributed by atoms with E-state index in [4.69, 9.17) is 28.4 Å². The number of hydrogen-bond donors (Lipinski definition) is 0. The molecule has 5 rings (SSSR count). The van der Waals surface area contributed by atoms with Crippen molar-refractivity contribution in [2.24, 2.45) is 0 Å². The molecular weight excluding hydrogens is 929 g/mol. The van der Waals surface area contributed by atoms with Crippen molar-refractivity contribution in [1.82, 2.24) is 0 Å². The molecule has 0 fully saturated rings. The third kappa shape index (κ3) is 15.3. The summed E-state index contributed by atoms with van der Waals surface area (Å²) in [5.74, 6) is 0.401. The number of ether oxygens (including phenoxy) is 6. The van der Waals surface area contributed by atoms with Gasteiger partial charge in [0.2, 0.25) is 0 Å². The molecule has 0 aromatic heterocycles. The Balaban J connectivity index is 1.53. The van der Waals surface area contributed by atoms with Gasteiger partial charge in [0.1, 0.15) is 34.2 Å². The van der Waals surface area contributed by atoms with Crippen molar-refractivity contribution in [1.29, 1.82) is 0 Å². The molecule has 0 N–H and O–H groups in total. The van der Waals surface area contributed by atoms with Crippen molar-refractivity contribution in [3.63, 3.8) is 0 Å². The molecule has 5 aromatic carbocycles. The van der Waals surface area contributed by atoms with Crippen molar-refractivity contribution in [2.75, 3.05) is 0 Å². The van der Waals surface area contributed by atoms with Crippen molar-refractivity contribution >= 4 is 24.2 Å². The predicted octanol–water partition coefficient (Wildman–Crippen LogP) is 16.4. The van der Waals surface area contributed by atoms with Gasteiger partial charge >= 0.3 is 24.2 Å². The van der Waals surface area contributed by atoms with E-state index in [1.807, 2.05) is 76.2 Å². The largest absolute Gasteiger partial charge is 0.514 e. The van der Waals surface area contributed by atoms with Crippen LogP contribution in [0.2, 0.25) is 0 Å². The van der Waals surface area contributed by atoms with E-state index in [1.165, 1.54) is 0 Å². The maximum atomic E-state index is 14.4. The van der Waals surface area contributed by atoms with Crippen LogP contribution in [-0.2, 0) is 44.0 Å². The maximum Gasteiger partial charge on any atom is 0.514 e. The molecule has 0 heterocycles. The van der Waals surface area contributed by atoms with Gasteiger partial charge in [-0.2, -0.15) is 0 Å². The van der Waals surface area contributed by atoms with Gasteiger partial charge in [-0.1, -0.05) is 154 Å². The lowest BCUT2D eigenvalue weighted by Crippen LogP contribution is -2.27. The number of hydrogen-bond acceptors (Lipinski definition) is 10. The molecular formula is C64H82O10. The molecule has 0 radical (unpaired) electrons. The summed E-state index contributed by atoms with van der Waals surface area (Å²) in [5.41, 5.74) is 7.43. The Morgan fingerprint density at radius 2 is 0.554 bits per heavy atom. The van der Waals surface area contributed by atoms with Crippen LogP contribution < -0.4 is 18.9 Å². The van der Waals surface area contributed by atoms with E-state index in [0.29, 0.717) is 23.0 Å². The quantitative estimate of drug-likeness (QED) is 0.0759. The number of esters is 2. The molecule has 0 saturated heterocycles. The van der Waals surface area contributed by atoms with Gasteiger partial charge in [-0.3, -0.25) is 0 Å². The van der Waals surface area contributed by atoms with Crippen LogP contribution in [0.25, 0.3) is 0 Å². The summed E-state index contributed by atoms with van der Waals surface area (Å²) in [6.45, 7) is 43.5. The second-order valence-corrected chi connectivity index (χ2v) is 26.0. The molecule has 0 amide bonds. The number of rotatable bonds is 10. The van der Waals surface area contributed by atoms with Gasteiger partial charge in [0, 0.05) is 57.3 Å². The fourth-order valence-corrected chi connectivity index (χ4v) is 8.79. The number of carbonyl (C=O) groups excluding carboxylic acids is 4. The van der Waals surface area contributed by atoms with Gasteiger partial charge < -0.3 is 28.4 Å². The first-order chi connectivity index (χ1) is 33.7. The van der Waals surface area contributed by atoms with Gasteiger partial charge in [-0.25, -0.2) is 19.2 Å². The molecule has 0 saturated carbocycles. The minimum absolute atomic E-state index is 0.227. The van der Waals surface area contributed by atoms with E-state index in [0.717, 1.165) is 66.8 Å². The molecule has 0 aliphatic carbocycles. The van der Waals surface area contributed by atoms with E-state index >= 15 is 0 Å². The average molecular weight is 1010 g/mol. The summed E-state index contributed by atoms with van der Waals surface area (Å²) in [6.07, 6.45) is -1.06. The smallest absolute Gasteiger partial charge is 0.428 e. The Labute approximate surface area is 441 Å². The van der Waals surface area contributed by atoms with Gasteiger partial charge in [-0.15, -0.1) is 0 Å². The molecule has 10 heteroatoms. The highest BCUT2D eigenvalue weighted by atomic mass is 16.7. The number of aryl methyl sites for hydroxylation is 4. The lowest BCUT2D eigenvalue weighted by atomic mass is 9.81. The molecule has 398 valence electrons. The Kier molecular flexibility index (Phi) is 16.9. The molecule has 74 heavy (non-hydrogen) atoms. The van der Waals surface area contributed by atoms with Gasteiger partial charge in [-0.05, 0) is 115 Å². The summed E-state index contributed by atoms with van der Waals surface area (Å²) in [5, 5.41) is 0. The van der Waals surface area contributed by atoms with Crippen LogP contribution in [0.4, 0.5) is 9.59 Å². The van der Waals surface area contributed by atoms with Crippen LogP contribution in [0, 0.1) is 27.7 Å². The zero-order chi connectivity index (χ0) is 55.8. The maximum absolute atomic E-state index is 14.4. The van der Waals surface area contributed by atoms with E-state index in [2.05, 4.69) is 83.1 Å². The van der Waals surface area contributed by atoms with Crippen molar-refractivity contribution in [3.05, 3.63) is 151 Å².